The van der Waals surface area contributed by atoms with Crippen LogP contribution < -0.4 is 5.73 Å². The zero-order chi connectivity index (χ0) is 10.6. The van der Waals surface area contributed by atoms with Crippen LogP contribution in [0.25, 0.3) is 0 Å². The van der Waals surface area contributed by atoms with Crippen LogP contribution in [0.3, 0.4) is 0 Å². The third-order valence-electron chi connectivity index (χ3n) is 0.646. The summed E-state index contributed by atoms with van der Waals surface area (Å²) >= 11 is 0. The highest BCUT2D eigenvalue weighted by atomic mass is 14.9. The van der Waals surface area contributed by atoms with Gasteiger partial charge in [0.15, 0.2) is 0 Å². The van der Waals surface area contributed by atoms with Crippen molar-refractivity contribution in [2.45, 2.75) is 48.0 Å². The molecular formula is C9H23N3. The first-order chi connectivity index (χ1) is 5.66. The van der Waals surface area contributed by atoms with Crippen molar-refractivity contribution in [2.75, 3.05) is 0 Å². The number of aliphatic imine (C=N–C) groups is 1. The maximum atomic E-state index is 7.00. The Morgan fingerprint density at radius 2 is 1.58 bits per heavy atom. The molecule has 0 aliphatic rings. The Balaban J connectivity index is -0.000000175. The van der Waals surface area contributed by atoms with Crippen LogP contribution in [0.5, 0.6) is 0 Å². The van der Waals surface area contributed by atoms with E-state index in [1.807, 2.05) is 34.6 Å². The summed E-state index contributed by atoms with van der Waals surface area (Å²) < 4.78 is 0. The smallest absolute Gasteiger partial charge is 0.122 e. The van der Waals surface area contributed by atoms with E-state index >= 15 is 0 Å². The molecule has 0 saturated heterocycles. The van der Waals surface area contributed by atoms with Gasteiger partial charge in [-0.1, -0.05) is 34.6 Å². The lowest BCUT2D eigenvalue weighted by Crippen LogP contribution is -2.07. The lowest BCUT2D eigenvalue weighted by atomic mass is 10.4. The number of hydrogen-bond acceptors (Lipinski definition) is 1. The van der Waals surface area contributed by atoms with Crippen LogP contribution in [0.4, 0.5) is 0 Å². The maximum absolute atomic E-state index is 7.00. The fraction of sp³-hybridized carbons (Fsp3) is 0.778. The Hall–Kier alpha value is -0.860. The second-order valence-electron chi connectivity index (χ2n) is 1.55. The molecule has 0 spiro atoms. The van der Waals surface area contributed by atoms with Crippen molar-refractivity contribution < 1.29 is 0 Å². The van der Waals surface area contributed by atoms with Crippen molar-refractivity contribution in [3.05, 3.63) is 0 Å². The molecule has 0 aromatic carbocycles. The second kappa shape index (κ2) is 16.6. The van der Waals surface area contributed by atoms with Crippen LogP contribution in [0.2, 0.25) is 0 Å². The number of amidine groups is 2. The van der Waals surface area contributed by atoms with Gasteiger partial charge in [-0.2, -0.15) is 0 Å². The van der Waals surface area contributed by atoms with Gasteiger partial charge < -0.3 is 5.73 Å². The van der Waals surface area contributed by atoms with Gasteiger partial charge >= 0.3 is 0 Å². The molecule has 3 heteroatoms. The average Bonchev–Trinajstić information content (AvgIpc) is 2.10. The molecule has 0 atom stereocenters. The Labute approximate surface area is 76.6 Å². The largest absolute Gasteiger partial charge is 0.387 e. The first kappa shape index (κ1) is 17.3. The summed E-state index contributed by atoms with van der Waals surface area (Å²) in [6.07, 6.45) is 0.647. The molecule has 0 amide bonds. The fourth-order valence-corrected chi connectivity index (χ4v) is 0.292. The molecule has 12 heavy (non-hydrogen) atoms. The van der Waals surface area contributed by atoms with Gasteiger partial charge in [-0.3, -0.25) is 5.41 Å². The maximum Gasteiger partial charge on any atom is 0.122 e. The van der Waals surface area contributed by atoms with Gasteiger partial charge in [0.2, 0.25) is 0 Å². The molecule has 0 rings (SSSR count). The number of hydrogen-bond donors (Lipinski definition) is 2. The van der Waals surface area contributed by atoms with Crippen molar-refractivity contribution in [1.82, 2.24) is 0 Å². The van der Waals surface area contributed by atoms with Gasteiger partial charge in [0, 0.05) is 6.42 Å². The van der Waals surface area contributed by atoms with E-state index in [0.29, 0.717) is 18.1 Å². The summed E-state index contributed by atoms with van der Waals surface area (Å²) in [5, 5.41) is 7.00. The summed E-state index contributed by atoms with van der Waals surface area (Å²) in [4.78, 5) is 3.67. The van der Waals surface area contributed by atoms with E-state index < -0.39 is 0 Å². The molecule has 3 N–H and O–H groups in total. The molecule has 0 unspecified atom stereocenters. The monoisotopic (exact) mass is 173 g/mol. The van der Waals surface area contributed by atoms with Crippen LogP contribution in [-0.4, -0.2) is 11.7 Å². The third kappa shape index (κ3) is 22.9. The standard InChI is InChI=1S/C5H11N3.2C2H6/c1-3-5(7)8-4(2)6;2*1-2/h3H2,1-2H3,(H3,6,7,8);2*1-2H3. The Morgan fingerprint density at radius 3 is 1.67 bits per heavy atom. The first-order valence-corrected chi connectivity index (χ1v) is 4.55. The van der Waals surface area contributed by atoms with E-state index in [1.54, 1.807) is 6.92 Å². The summed E-state index contributed by atoms with van der Waals surface area (Å²) in [5.74, 6) is 0.793. The fourth-order valence-electron chi connectivity index (χ4n) is 0.292. The zero-order valence-electron chi connectivity index (χ0n) is 9.23. The number of rotatable bonds is 1. The van der Waals surface area contributed by atoms with Crippen molar-refractivity contribution >= 4 is 11.7 Å². The van der Waals surface area contributed by atoms with Crippen molar-refractivity contribution in [3.63, 3.8) is 0 Å². The quantitative estimate of drug-likeness (QED) is 0.465. The molecule has 0 radical (unpaired) electrons. The van der Waals surface area contributed by atoms with Crippen LogP contribution in [0.1, 0.15) is 48.0 Å². The molecule has 0 heterocycles. The lowest BCUT2D eigenvalue weighted by molar-refractivity contribution is 1.20. The molecule has 0 bridgehead atoms. The van der Waals surface area contributed by atoms with E-state index in [-0.39, 0.29) is 0 Å². The van der Waals surface area contributed by atoms with Gasteiger partial charge in [0.1, 0.15) is 5.84 Å². The molecule has 0 saturated carbocycles. The molecule has 0 fully saturated rings. The highest BCUT2D eigenvalue weighted by molar-refractivity contribution is 5.93. The third-order valence-corrected chi connectivity index (χ3v) is 0.646. The summed E-state index contributed by atoms with van der Waals surface area (Å²) in [6.45, 7) is 11.5. The van der Waals surface area contributed by atoms with E-state index in [1.165, 1.54) is 0 Å². The molecule has 3 nitrogen and oxygen atoms in total. The van der Waals surface area contributed by atoms with Crippen molar-refractivity contribution in [1.29, 1.82) is 5.41 Å². The molecule has 0 aromatic rings. The van der Waals surface area contributed by atoms with E-state index in [9.17, 15) is 0 Å². The Bertz CT molecular complexity index is 113. The predicted octanol–water partition coefficient (Wildman–Crippen LogP) is 2.80. The number of nitrogens with zero attached hydrogens (tertiary/aromatic N) is 1. The molecule has 0 aliphatic heterocycles. The zero-order valence-corrected chi connectivity index (χ0v) is 9.23. The molecule has 0 aromatic heterocycles. The minimum absolute atomic E-state index is 0.338. The molecule has 74 valence electrons. The minimum Gasteiger partial charge on any atom is -0.387 e. The van der Waals surface area contributed by atoms with Crippen molar-refractivity contribution in [2.24, 2.45) is 10.7 Å². The Morgan fingerprint density at radius 1 is 1.25 bits per heavy atom. The van der Waals surface area contributed by atoms with Crippen LogP contribution >= 0.6 is 0 Å². The molecular weight excluding hydrogens is 150 g/mol. The van der Waals surface area contributed by atoms with E-state index in [0.717, 1.165) is 0 Å². The van der Waals surface area contributed by atoms with Gasteiger partial charge in [-0.05, 0) is 6.92 Å². The number of nitrogens with two attached hydrogens (primary N) is 1. The Kier molecular flexibility index (Phi) is 23.9. The average molecular weight is 173 g/mol. The van der Waals surface area contributed by atoms with Gasteiger partial charge in [-0.15, -0.1) is 0 Å². The SMILES string of the molecule is CC.CC.CCC(=N)N=C(C)N. The summed E-state index contributed by atoms with van der Waals surface area (Å²) in [6, 6.07) is 0. The van der Waals surface area contributed by atoms with Gasteiger partial charge in [0.25, 0.3) is 0 Å². The summed E-state index contributed by atoms with van der Waals surface area (Å²) in [5.41, 5.74) is 5.18. The minimum atomic E-state index is 0.338. The lowest BCUT2D eigenvalue weighted by Gasteiger charge is -1.89. The van der Waals surface area contributed by atoms with Crippen LogP contribution in [-0.2, 0) is 0 Å². The molecule has 0 aliphatic carbocycles. The highest BCUT2D eigenvalue weighted by Gasteiger charge is 1.84. The summed E-state index contributed by atoms with van der Waals surface area (Å²) in [7, 11) is 0. The van der Waals surface area contributed by atoms with E-state index in [2.05, 4.69) is 4.99 Å². The van der Waals surface area contributed by atoms with Gasteiger partial charge in [-0.25, -0.2) is 4.99 Å². The predicted molar refractivity (Wildman–Crippen MR) is 58.0 cm³/mol. The van der Waals surface area contributed by atoms with Gasteiger partial charge in [0.05, 0.1) is 5.84 Å². The second-order valence-corrected chi connectivity index (χ2v) is 1.55. The topological polar surface area (TPSA) is 62.2 Å². The highest BCUT2D eigenvalue weighted by Crippen LogP contribution is 1.81. The van der Waals surface area contributed by atoms with Crippen LogP contribution in [0, 0.1) is 5.41 Å². The number of nitrogens with one attached hydrogen (secondary N) is 1. The van der Waals surface area contributed by atoms with Crippen molar-refractivity contribution in [3.8, 4) is 0 Å². The normalized spacial score (nSPS) is 8.67. The van der Waals surface area contributed by atoms with E-state index in [4.69, 9.17) is 11.1 Å². The van der Waals surface area contributed by atoms with Crippen LogP contribution in [0.15, 0.2) is 4.99 Å². The first-order valence-electron chi connectivity index (χ1n) is 4.55.